The molecule has 2 atom stereocenters. The summed E-state index contributed by atoms with van der Waals surface area (Å²) in [5.41, 5.74) is 0. The molecule has 0 bridgehead atoms. The summed E-state index contributed by atoms with van der Waals surface area (Å²) in [4.78, 5) is 8.70. The van der Waals surface area contributed by atoms with E-state index in [9.17, 15) is 0 Å². The lowest BCUT2D eigenvalue weighted by Gasteiger charge is -2.27. The van der Waals surface area contributed by atoms with Crippen LogP contribution in [-0.4, -0.2) is 9.97 Å². The molecule has 1 fully saturated rings. The molecular formula is C12H15BrCl2N2. The predicted octanol–water partition coefficient (Wildman–Crippen LogP) is 5.23. The molecule has 1 aliphatic carbocycles. The smallest absolute Gasteiger partial charge is 0.148 e. The van der Waals surface area contributed by atoms with Gasteiger partial charge in [-0.25, -0.2) is 9.97 Å². The highest BCUT2D eigenvalue weighted by atomic mass is 79.9. The minimum Gasteiger partial charge on any atom is -0.220 e. The van der Waals surface area contributed by atoms with E-state index in [1.165, 1.54) is 19.3 Å². The first-order valence-corrected chi connectivity index (χ1v) is 7.55. The van der Waals surface area contributed by atoms with E-state index in [1.54, 1.807) is 0 Å². The molecule has 2 unspecified atom stereocenters. The second-order valence-electron chi connectivity index (χ2n) is 4.62. The lowest BCUT2D eigenvalue weighted by atomic mass is 9.80. The highest BCUT2D eigenvalue weighted by molar-refractivity contribution is 9.10. The number of rotatable bonds is 2. The van der Waals surface area contributed by atoms with Crippen LogP contribution in [-0.2, 0) is 0 Å². The first-order valence-electron chi connectivity index (χ1n) is 6.00. The molecule has 0 aliphatic heterocycles. The summed E-state index contributed by atoms with van der Waals surface area (Å²) >= 11 is 15.3. The number of hydrogen-bond acceptors (Lipinski definition) is 2. The zero-order valence-corrected chi connectivity index (χ0v) is 12.8. The van der Waals surface area contributed by atoms with E-state index in [0.29, 0.717) is 20.7 Å². The molecule has 2 rings (SSSR count). The van der Waals surface area contributed by atoms with Crippen LogP contribution in [0.15, 0.2) is 4.47 Å². The van der Waals surface area contributed by atoms with E-state index in [0.717, 1.165) is 24.6 Å². The first-order chi connectivity index (χ1) is 8.11. The van der Waals surface area contributed by atoms with Crippen molar-refractivity contribution in [1.82, 2.24) is 9.97 Å². The van der Waals surface area contributed by atoms with Crippen LogP contribution in [0, 0.1) is 5.92 Å². The maximum Gasteiger partial charge on any atom is 0.148 e. The zero-order chi connectivity index (χ0) is 12.4. The van der Waals surface area contributed by atoms with Crippen LogP contribution in [0.2, 0.25) is 10.3 Å². The van der Waals surface area contributed by atoms with Gasteiger partial charge in [0, 0.05) is 5.92 Å². The maximum absolute atomic E-state index is 6.03. The number of aromatic nitrogens is 2. The van der Waals surface area contributed by atoms with Crippen molar-refractivity contribution in [3.63, 3.8) is 0 Å². The summed E-state index contributed by atoms with van der Waals surface area (Å²) in [7, 11) is 0. The summed E-state index contributed by atoms with van der Waals surface area (Å²) in [5.74, 6) is 2.01. The van der Waals surface area contributed by atoms with E-state index in [1.807, 2.05) is 0 Å². The summed E-state index contributed by atoms with van der Waals surface area (Å²) < 4.78 is 0.590. The molecule has 0 radical (unpaired) electrons. The van der Waals surface area contributed by atoms with Crippen LogP contribution in [0.4, 0.5) is 0 Å². The highest BCUT2D eigenvalue weighted by Crippen LogP contribution is 2.38. The van der Waals surface area contributed by atoms with Gasteiger partial charge in [-0.15, -0.1) is 0 Å². The van der Waals surface area contributed by atoms with Crippen molar-refractivity contribution < 1.29 is 0 Å². The summed E-state index contributed by atoms with van der Waals surface area (Å²) in [6.45, 7) is 2.25. The summed E-state index contributed by atoms with van der Waals surface area (Å²) in [6.07, 6.45) is 6.10. The van der Waals surface area contributed by atoms with Crippen LogP contribution in [0.25, 0.3) is 0 Å². The van der Waals surface area contributed by atoms with Crippen molar-refractivity contribution in [2.75, 3.05) is 0 Å². The van der Waals surface area contributed by atoms with Gasteiger partial charge in [-0.2, -0.15) is 0 Å². The second-order valence-corrected chi connectivity index (χ2v) is 6.12. The van der Waals surface area contributed by atoms with Crippen molar-refractivity contribution in [3.05, 3.63) is 20.6 Å². The fourth-order valence-electron chi connectivity index (χ4n) is 2.49. The van der Waals surface area contributed by atoms with Gasteiger partial charge in [-0.3, -0.25) is 0 Å². The Balaban J connectivity index is 2.22. The standard InChI is InChI=1S/C12H15BrCl2N2/c1-2-7-4-3-5-8(6-7)12-16-10(14)9(13)11(15)17-12/h7-8H,2-6H2,1H3. The fourth-order valence-corrected chi connectivity index (χ4v) is 3.07. The van der Waals surface area contributed by atoms with Crippen molar-refractivity contribution >= 4 is 39.1 Å². The molecule has 1 heterocycles. The quantitative estimate of drug-likeness (QED) is 0.690. The molecule has 1 aromatic rings. The fraction of sp³-hybridized carbons (Fsp3) is 0.667. The minimum absolute atomic E-state index is 0.414. The average Bonchev–Trinajstić information content (AvgIpc) is 2.35. The summed E-state index contributed by atoms with van der Waals surface area (Å²) in [6, 6.07) is 0. The molecule has 0 N–H and O–H groups in total. The third-order valence-electron chi connectivity index (χ3n) is 3.51. The van der Waals surface area contributed by atoms with Gasteiger partial charge in [0.2, 0.25) is 0 Å². The van der Waals surface area contributed by atoms with Crippen molar-refractivity contribution in [1.29, 1.82) is 0 Å². The molecule has 5 heteroatoms. The van der Waals surface area contributed by atoms with E-state index in [4.69, 9.17) is 23.2 Å². The Morgan fingerprint density at radius 2 is 1.88 bits per heavy atom. The van der Waals surface area contributed by atoms with Gasteiger partial charge in [-0.05, 0) is 34.7 Å². The Hall–Kier alpha value is 0.140. The molecular weight excluding hydrogens is 323 g/mol. The monoisotopic (exact) mass is 336 g/mol. The van der Waals surface area contributed by atoms with E-state index >= 15 is 0 Å². The van der Waals surface area contributed by atoms with Gasteiger partial charge in [0.1, 0.15) is 16.1 Å². The van der Waals surface area contributed by atoms with Crippen molar-refractivity contribution in [3.8, 4) is 0 Å². The molecule has 0 saturated heterocycles. The van der Waals surface area contributed by atoms with Crippen LogP contribution in [0.1, 0.15) is 50.8 Å². The minimum atomic E-state index is 0.414. The Morgan fingerprint density at radius 3 is 2.47 bits per heavy atom. The molecule has 2 nitrogen and oxygen atoms in total. The molecule has 17 heavy (non-hydrogen) atoms. The zero-order valence-electron chi connectivity index (χ0n) is 9.72. The van der Waals surface area contributed by atoms with E-state index in [-0.39, 0.29) is 0 Å². The van der Waals surface area contributed by atoms with Gasteiger partial charge in [0.25, 0.3) is 0 Å². The Kier molecular flexibility index (Phi) is 4.67. The maximum atomic E-state index is 6.03. The van der Waals surface area contributed by atoms with Crippen molar-refractivity contribution in [2.24, 2.45) is 5.92 Å². The van der Waals surface area contributed by atoms with E-state index < -0.39 is 0 Å². The number of hydrogen-bond donors (Lipinski definition) is 0. The molecule has 1 aliphatic rings. The topological polar surface area (TPSA) is 25.8 Å². The van der Waals surface area contributed by atoms with Gasteiger partial charge in [0.15, 0.2) is 0 Å². The van der Waals surface area contributed by atoms with E-state index in [2.05, 4.69) is 32.8 Å². The molecule has 1 saturated carbocycles. The largest absolute Gasteiger partial charge is 0.220 e. The highest BCUT2D eigenvalue weighted by Gasteiger charge is 2.25. The first kappa shape index (κ1) is 13.6. The van der Waals surface area contributed by atoms with Gasteiger partial charge in [0.05, 0.1) is 4.47 Å². The number of nitrogens with zero attached hydrogens (tertiary/aromatic N) is 2. The Labute approximate surface area is 120 Å². The third kappa shape index (κ3) is 3.12. The van der Waals surface area contributed by atoms with Gasteiger partial charge >= 0.3 is 0 Å². The second kappa shape index (κ2) is 5.85. The van der Waals surface area contributed by atoms with Crippen molar-refractivity contribution in [2.45, 2.75) is 44.9 Å². The molecule has 0 spiro atoms. The van der Waals surface area contributed by atoms with Gasteiger partial charge < -0.3 is 0 Å². The van der Waals surface area contributed by atoms with Crippen LogP contribution < -0.4 is 0 Å². The lowest BCUT2D eigenvalue weighted by Crippen LogP contribution is -2.16. The van der Waals surface area contributed by atoms with Crippen LogP contribution in [0.5, 0.6) is 0 Å². The Bertz CT molecular complexity index is 388. The van der Waals surface area contributed by atoms with Crippen LogP contribution in [0.3, 0.4) is 0 Å². The number of halogens is 3. The molecule has 94 valence electrons. The summed E-state index contributed by atoms with van der Waals surface area (Å²) in [5, 5.41) is 0.831. The Morgan fingerprint density at radius 1 is 1.24 bits per heavy atom. The third-order valence-corrected chi connectivity index (χ3v) is 5.27. The molecule has 1 aromatic heterocycles. The molecule has 0 aromatic carbocycles. The normalized spacial score (nSPS) is 24.9. The van der Waals surface area contributed by atoms with Gasteiger partial charge in [-0.1, -0.05) is 49.4 Å². The average molecular weight is 338 g/mol. The predicted molar refractivity (Wildman–Crippen MR) is 74.7 cm³/mol. The lowest BCUT2D eigenvalue weighted by molar-refractivity contribution is 0.307. The molecule has 0 amide bonds. The SMILES string of the molecule is CCC1CCCC(c2nc(Cl)c(Br)c(Cl)n2)C1. The van der Waals surface area contributed by atoms with Crippen LogP contribution >= 0.6 is 39.1 Å².